The predicted molar refractivity (Wildman–Crippen MR) is 59.0 cm³/mol. The Balaban J connectivity index is 2.55. The number of thiophene rings is 1. The van der Waals surface area contributed by atoms with Gasteiger partial charge in [-0.15, -0.1) is 0 Å². The molecule has 84 valence electrons. The van der Waals surface area contributed by atoms with Gasteiger partial charge in [0.15, 0.2) is 0 Å². The van der Waals surface area contributed by atoms with Crippen molar-refractivity contribution in [1.82, 2.24) is 5.32 Å². The van der Waals surface area contributed by atoms with Crippen LogP contribution in [0.15, 0.2) is 12.1 Å². The van der Waals surface area contributed by atoms with Crippen LogP contribution >= 0.6 is 11.3 Å². The van der Waals surface area contributed by atoms with E-state index in [2.05, 4.69) is 5.32 Å². The van der Waals surface area contributed by atoms with Gasteiger partial charge in [0.1, 0.15) is 0 Å². The second-order valence-corrected chi connectivity index (χ2v) is 5.04. The second kappa shape index (κ2) is 4.69. The fourth-order valence-corrected chi connectivity index (χ4v) is 1.70. The van der Waals surface area contributed by atoms with Crippen LogP contribution in [0, 0.1) is 10.1 Å². The summed E-state index contributed by atoms with van der Waals surface area (Å²) in [6.45, 7) is 4.30. The maximum Gasteiger partial charge on any atom is 0.324 e. The zero-order valence-corrected chi connectivity index (χ0v) is 9.50. The van der Waals surface area contributed by atoms with Gasteiger partial charge in [-0.1, -0.05) is 11.3 Å². The minimum atomic E-state index is -0.397. The van der Waals surface area contributed by atoms with Crippen molar-refractivity contribution < 1.29 is 10.0 Å². The van der Waals surface area contributed by atoms with Crippen LogP contribution in [0.2, 0.25) is 0 Å². The molecule has 6 heteroatoms. The smallest absolute Gasteiger partial charge is 0.324 e. The lowest BCUT2D eigenvalue weighted by Gasteiger charge is -2.22. The standard InChI is InChI=1S/C9H14N2O3S/c1-9(2,6-12)10-5-7-3-4-8(15-7)11(13)14/h3-4,10,12H,5-6H2,1-2H3. The maximum absolute atomic E-state index is 10.4. The van der Waals surface area contributed by atoms with E-state index < -0.39 is 4.92 Å². The van der Waals surface area contributed by atoms with Gasteiger partial charge >= 0.3 is 5.00 Å². The molecule has 0 saturated heterocycles. The number of hydrogen-bond donors (Lipinski definition) is 2. The van der Waals surface area contributed by atoms with E-state index in [1.54, 1.807) is 6.07 Å². The maximum atomic E-state index is 10.4. The first kappa shape index (κ1) is 12.1. The third-order valence-electron chi connectivity index (χ3n) is 1.96. The Bertz CT molecular complexity index is 349. The molecule has 0 fully saturated rings. The molecule has 15 heavy (non-hydrogen) atoms. The molecule has 0 bridgehead atoms. The summed E-state index contributed by atoms with van der Waals surface area (Å²) in [6, 6.07) is 3.22. The van der Waals surface area contributed by atoms with Gasteiger partial charge in [0, 0.05) is 23.0 Å². The first-order valence-electron chi connectivity index (χ1n) is 4.53. The topological polar surface area (TPSA) is 75.4 Å². The van der Waals surface area contributed by atoms with Crippen LogP contribution < -0.4 is 5.32 Å². The van der Waals surface area contributed by atoms with Gasteiger partial charge in [0.2, 0.25) is 0 Å². The van der Waals surface area contributed by atoms with Gasteiger partial charge in [0.05, 0.1) is 11.5 Å². The third kappa shape index (κ3) is 3.58. The van der Waals surface area contributed by atoms with Gasteiger partial charge < -0.3 is 10.4 Å². The molecule has 1 aromatic heterocycles. The van der Waals surface area contributed by atoms with Crippen molar-refractivity contribution in [2.75, 3.05) is 6.61 Å². The first-order valence-corrected chi connectivity index (χ1v) is 5.35. The summed E-state index contributed by atoms with van der Waals surface area (Å²) in [5.41, 5.74) is -0.362. The molecule has 0 amide bonds. The lowest BCUT2D eigenvalue weighted by Crippen LogP contribution is -2.41. The number of nitrogens with zero attached hydrogens (tertiary/aromatic N) is 1. The zero-order chi connectivity index (χ0) is 11.5. The lowest BCUT2D eigenvalue weighted by atomic mass is 10.1. The van der Waals surface area contributed by atoms with Crippen molar-refractivity contribution in [1.29, 1.82) is 0 Å². The minimum Gasteiger partial charge on any atom is -0.394 e. The highest BCUT2D eigenvalue weighted by atomic mass is 32.1. The van der Waals surface area contributed by atoms with Crippen molar-refractivity contribution in [3.8, 4) is 0 Å². The van der Waals surface area contributed by atoms with Gasteiger partial charge in [-0.25, -0.2) is 0 Å². The van der Waals surface area contributed by atoms with Crippen LogP contribution in [-0.2, 0) is 6.54 Å². The molecular weight excluding hydrogens is 216 g/mol. The predicted octanol–water partition coefficient (Wildman–Crippen LogP) is 1.52. The Kier molecular flexibility index (Phi) is 3.78. The van der Waals surface area contributed by atoms with E-state index in [0.717, 1.165) is 16.2 Å². The number of aliphatic hydroxyl groups excluding tert-OH is 1. The van der Waals surface area contributed by atoms with Crippen molar-refractivity contribution in [3.63, 3.8) is 0 Å². The quantitative estimate of drug-likeness (QED) is 0.594. The van der Waals surface area contributed by atoms with Crippen LogP contribution in [0.5, 0.6) is 0 Å². The average molecular weight is 230 g/mol. The monoisotopic (exact) mass is 230 g/mol. The zero-order valence-electron chi connectivity index (χ0n) is 8.69. The Morgan fingerprint density at radius 3 is 2.73 bits per heavy atom. The molecule has 1 aromatic rings. The highest BCUT2D eigenvalue weighted by molar-refractivity contribution is 7.15. The van der Waals surface area contributed by atoms with Crippen molar-refractivity contribution in [2.45, 2.75) is 25.9 Å². The molecule has 1 heterocycles. The molecule has 0 spiro atoms. The van der Waals surface area contributed by atoms with Crippen molar-refractivity contribution in [2.24, 2.45) is 0 Å². The molecule has 1 rings (SSSR count). The molecule has 0 saturated carbocycles. The summed E-state index contributed by atoms with van der Waals surface area (Å²) >= 11 is 1.15. The van der Waals surface area contributed by atoms with Gasteiger partial charge in [-0.3, -0.25) is 10.1 Å². The summed E-state index contributed by atoms with van der Waals surface area (Å²) in [7, 11) is 0. The lowest BCUT2D eigenvalue weighted by molar-refractivity contribution is -0.380. The van der Waals surface area contributed by atoms with Gasteiger partial charge in [0.25, 0.3) is 0 Å². The highest BCUT2D eigenvalue weighted by Gasteiger charge is 2.16. The SMILES string of the molecule is CC(C)(CO)NCc1ccc([N+](=O)[O-])s1. The largest absolute Gasteiger partial charge is 0.394 e. The van der Waals surface area contributed by atoms with E-state index in [9.17, 15) is 10.1 Å². The van der Waals surface area contributed by atoms with Crippen LogP contribution in [0.25, 0.3) is 0 Å². The number of hydrogen-bond acceptors (Lipinski definition) is 5. The van der Waals surface area contributed by atoms with Crippen molar-refractivity contribution >= 4 is 16.3 Å². The van der Waals surface area contributed by atoms with Crippen LogP contribution in [0.4, 0.5) is 5.00 Å². The summed E-state index contributed by atoms with van der Waals surface area (Å²) in [4.78, 5) is 10.9. The first-order chi connectivity index (χ1) is 6.94. The number of rotatable bonds is 5. The second-order valence-electron chi connectivity index (χ2n) is 3.89. The fraction of sp³-hybridized carbons (Fsp3) is 0.556. The van der Waals surface area contributed by atoms with Gasteiger partial charge in [-0.2, -0.15) is 0 Å². The molecule has 0 aliphatic rings. The number of nitrogens with one attached hydrogen (secondary N) is 1. The summed E-state index contributed by atoms with van der Waals surface area (Å²) in [5, 5.41) is 22.7. The summed E-state index contributed by atoms with van der Waals surface area (Å²) in [5.74, 6) is 0. The molecule has 2 N–H and O–H groups in total. The normalized spacial score (nSPS) is 11.7. The third-order valence-corrected chi connectivity index (χ3v) is 3.00. The average Bonchev–Trinajstić information content (AvgIpc) is 2.63. The van der Waals surface area contributed by atoms with Crippen molar-refractivity contribution in [3.05, 3.63) is 27.1 Å². The molecule has 0 aliphatic carbocycles. The van der Waals surface area contributed by atoms with E-state index in [1.807, 2.05) is 13.8 Å². The highest BCUT2D eigenvalue weighted by Crippen LogP contribution is 2.24. The fourth-order valence-electron chi connectivity index (χ4n) is 0.942. The summed E-state index contributed by atoms with van der Waals surface area (Å²) in [6.07, 6.45) is 0. The Morgan fingerprint density at radius 2 is 2.27 bits per heavy atom. The Morgan fingerprint density at radius 1 is 1.60 bits per heavy atom. The van der Waals surface area contributed by atoms with E-state index in [1.165, 1.54) is 6.07 Å². The number of aliphatic hydroxyl groups is 1. The number of nitro groups is 1. The van der Waals surface area contributed by atoms with E-state index in [-0.39, 0.29) is 17.1 Å². The molecule has 0 atom stereocenters. The minimum absolute atomic E-state index is 0.0282. The molecular formula is C9H14N2O3S. The van der Waals surface area contributed by atoms with Crippen LogP contribution in [-0.4, -0.2) is 22.2 Å². The molecule has 0 aliphatic heterocycles. The van der Waals surface area contributed by atoms with Gasteiger partial charge in [-0.05, 0) is 19.9 Å². The van der Waals surface area contributed by atoms with E-state index in [4.69, 9.17) is 5.11 Å². The Hall–Kier alpha value is -0.980. The molecule has 0 aromatic carbocycles. The Labute approximate surface area is 91.9 Å². The van der Waals surface area contributed by atoms with E-state index >= 15 is 0 Å². The molecule has 5 nitrogen and oxygen atoms in total. The van der Waals surface area contributed by atoms with Crippen LogP contribution in [0.3, 0.4) is 0 Å². The molecule has 0 radical (unpaired) electrons. The summed E-state index contributed by atoms with van der Waals surface area (Å²) < 4.78 is 0. The van der Waals surface area contributed by atoms with E-state index in [0.29, 0.717) is 6.54 Å². The van der Waals surface area contributed by atoms with Crippen LogP contribution in [0.1, 0.15) is 18.7 Å². The molecule has 0 unspecified atom stereocenters.